The summed E-state index contributed by atoms with van der Waals surface area (Å²) in [6.07, 6.45) is 2.75. The number of rotatable bonds is 9. The molecule has 0 aliphatic rings. The first-order valence-electron chi connectivity index (χ1n) is 6.47. The lowest BCUT2D eigenvalue weighted by molar-refractivity contribution is -0.127. The number of aliphatic hydroxyl groups is 1. The first kappa shape index (κ1) is 16.5. The third-order valence-corrected chi connectivity index (χ3v) is 4.49. The lowest BCUT2D eigenvalue weighted by atomic mass is 10.2. The molecule has 1 rings (SSSR count). The Morgan fingerprint density at radius 2 is 2.26 bits per heavy atom. The lowest BCUT2D eigenvalue weighted by Gasteiger charge is -2.16. The molecule has 0 unspecified atom stereocenters. The van der Waals surface area contributed by atoms with Crippen molar-refractivity contribution in [1.82, 2.24) is 9.88 Å². The zero-order valence-corrected chi connectivity index (χ0v) is 13.2. The molecule has 0 aromatic carbocycles. The molecule has 0 spiro atoms. The minimum absolute atomic E-state index is 0.168. The molecule has 1 aromatic heterocycles. The molecular formula is C13H22N2O2S2. The van der Waals surface area contributed by atoms with Crippen LogP contribution in [0.5, 0.6) is 0 Å². The summed E-state index contributed by atoms with van der Waals surface area (Å²) in [4.78, 5) is 18.0. The van der Waals surface area contributed by atoms with Gasteiger partial charge in [-0.15, -0.1) is 23.1 Å². The van der Waals surface area contributed by atoms with Crippen LogP contribution in [0.4, 0.5) is 0 Å². The van der Waals surface area contributed by atoms with Gasteiger partial charge in [0.25, 0.3) is 0 Å². The Bertz CT molecular complexity index is 382. The Balaban J connectivity index is 2.12. The van der Waals surface area contributed by atoms with Crippen LogP contribution in [0.25, 0.3) is 0 Å². The molecule has 0 aliphatic carbocycles. The number of hydrogen-bond donors (Lipinski definition) is 1. The molecule has 6 heteroatoms. The Hall–Kier alpha value is -0.590. The van der Waals surface area contributed by atoms with Crippen LogP contribution in [0.1, 0.15) is 30.0 Å². The van der Waals surface area contributed by atoms with Crippen molar-refractivity contribution in [2.24, 2.45) is 0 Å². The van der Waals surface area contributed by atoms with Crippen LogP contribution in [0.2, 0.25) is 0 Å². The number of aliphatic hydroxyl groups excluding tert-OH is 1. The van der Waals surface area contributed by atoms with E-state index in [2.05, 4.69) is 4.98 Å². The molecule has 1 amide bonds. The van der Waals surface area contributed by atoms with Crippen LogP contribution in [-0.4, -0.2) is 46.8 Å². The maximum Gasteiger partial charge on any atom is 0.232 e. The van der Waals surface area contributed by atoms with Gasteiger partial charge in [-0.2, -0.15) is 0 Å². The number of thiazole rings is 1. The highest BCUT2D eigenvalue weighted by atomic mass is 32.2. The summed E-state index contributed by atoms with van der Waals surface area (Å²) in [5.41, 5.74) is 1.06. The first-order chi connectivity index (χ1) is 9.13. The Kier molecular flexibility index (Phi) is 8.09. The fourth-order valence-corrected chi connectivity index (χ4v) is 3.16. The number of aromatic nitrogens is 1. The smallest absolute Gasteiger partial charge is 0.232 e. The van der Waals surface area contributed by atoms with Crippen molar-refractivity contribution in [2.75, 3.05) is 26.0 Å². The summed E-state index contributed by atoms with van der Waals surface area (Å²) in [5.74, 6) is 1.47. The number of amides is 1. The molecule has 0 atom stereocenters. The molecule has 19 heavy (non-hydrogen) atoms. The first-order valence-corrected chi connectivity index (χ1v) is 8.50. The topological polar surface area (TPSA) is 53.4 Å². The van der Waals surface area contributed by atoms with E-state index in [0.717, 1.165) is 42.3 Å². The molecule has 0 bridgehead atoms. The third kappa shape index (κ3) is 6.94. The van der Waals surface area contributed by atoms with Crippen LogP contribution in [0.15, 0.2) is 5.38 Å². The fraction of sp³-hybridized carbons (Fsp3) is 0.692. The van der Waals surface area contributed by atoms with Crippen LogP contribution < -0.4 is 0 Å². The predicted molar refractivity (Wildman–Crippen MR) is 81.6 cm³/mol. The summed E-state index contributed by atoms with van der Waals surface area (Å²) in [6, 6.07) is 0. The summed E-state index contributed by atoms with van der Waals surface area (Å²) < 4.78 is 0. The van der Waals surface area contributed by atoms with Gasteiger partial charge >= 0.3 is 0 Å². The van der Waals surface area contributed by atoms with Crippen LogP contribution in [0.3, 0.4) is 0 Å². The SMILES string of the molecule is Cc1nc(CSCC(=O)N(C)CCCCCO)cs1. The average Bonchev–Trinajstić information content (AvgIpc) is 2.80. The Morgan fingerprint density at radius 1 is 1.47 bits per heavy atom. The van der Waals surface area contributed by atoms with Gasteiger partial charge in [0.1, 0.15) is 0 Å². The van der Waals surface area contributed by atoms with Crippen LogP contribution >= 0.6 is 23.1 Å². The van der Waals surface area contributed by atoms with Gasteiger partial charge in [-0.25, -0.2) is 4.98 Å². The van der Waals surface area contributed by atoms with Gasteiger partial charge in [-0.05, 0) is 26.2 Å². The van der Waals surface area contributed by atoms with Gasteiger partial charge < -0.3 is 10.0 Å². The number of nitrogens with zero attached hydrogens (tertiary/aromatic N) is 2. The Morgan fingerprint density at radius 3 is 2.89 bits per heavy atom. The summed E-state index contributed by atoms with van der Waals surface area (Å²) in [7, 11) is 1.84. The van der Waals surface area contributed by atoms with Crippen molar-refractivity contribution < 1.29 is 9.90 Å². The number of hydrogen-bond acceptors (Lipinski definition) is 5. The zero-order chi connectivity index (χ0) is 14.1. The van der Waals surface area contributed by atoms with Crippen molar-refractivity contribution in [3.05, 3.63) is 16.1 Å². The molecule has 0 aliphatic heterocycles. The molecule has 108 valence electrons. The van der Waals surface area contributed by atoms with Crippen LogP contribution in [0, 0.1) is 6.92 Å². The van der Waals surface area contributed by atoms with Gasteiger partial charge in [-0.3, -0.25) is 4.79 Å². The number of carbonyl (C=O) groups excluding carboxylic acids is 1. The summed E-state index contributed by atoms with van der Waals surface area (Å²) in [5, 5.41) is 11.8. The van der Waals surface area contributed by atoms with E-state index in [4.69, 9.17) is 5.11 Å². The largest absolute Gasteiger partial charge is 0.396 e. The van der Waals surface area contributed by atoms with Crippen molar-refractivity contribution in [3.8, 4) is 0 Å². The zero-order valence-electron chi connectivity index (χ0n) is 11.6. The molecule has 4 nitrogen and oxygen atoms in total. The standard InChI is InChI=1S/C13H22N2O2S2/c1-11-14-12(9-19-11)8-18-10-13(17)15(2)6-4-3-5-7-16/h9,16H,3-8,10H2,1-2H3. The highest BCUT2D eigenvalue weighted by Gasteiger charge is 2.08. The lowest BCUT2D eigenvalue weighted by Crippen LogP contribution is -2.29. The van der Waals surface area contributed by atoms with Gasteiger partial charge in [0.15, 0.2) is 0 Å². The molecule has 1 N–H and O–H groups in total. The van der Waals surface area contributed by atoms with E-state index in [0.29, 0.717) is 5.75 Å². The number of unbranched alkanes of at least 4 members (excludes halogenated alkanes) is 2. The van der Waals surface area contributed by atoms with Crippen molar-refractivity contribution >= 4 is 29.0 Å². The second-order valence-corrected chi connectivity index (χ2v) is 6.50. The predicted octanol–water partition coefficient (Wildman–Crippen LogP) is 2.31. The van der Waals surface area contributed by atoms with E-state index in [1.165, 1.54) is 0 Å². The monoisotopic (exact) mass is 302 g/mol. The van der Waals surface area contributed by atoms with Crippen molar-refractivity contribution in [2.45, 2.75) is 31.9 Å². The highest BCUT2D eigenvalue weighted by Crippen LogP contribution is 2.15. The fourth-order valence-electron chi connectivity index (χ4n) is 1.59. The highest BCUT2D eigenvalue weighted by molar-refractivity contribution is 7.99. The molecule has 0 radical (unpaired) electrons. The number of aryl methyl sites for hydroxylation is 1. The average molecular weight is 302 g/mol. The van der Waals surface area contributed by atoms with E-state index >= 15 is 0 Å². The Labute approximate surface area is 123 Å². The molecule has 1 aromatic rings. The van der Waals surface area contributed by atoms with E-state index < -0.39 is 0 Å². The third-order valence-electron chi connectivity index (χ3n) is 2.72. The quantitative estimate of drug-likeness (QED) is 0.711. The second-order valence-electron chi connectivity index (χ2n) is 4.45. The van der Waals surface area contributed by atoms with E-state index in [1.54, 1.807) is 28.0 Å². The van der Waals surface area contributed by atoms with Gasteiger partial charge in [0, 0.05) is 31.3 Å². The molecule has 1 heterocycles. The second kappa shape index (κ2) is 9.34. The van der Waals surface area contributed by atoms with Crippen molar-refractivity contribution in [3.63, 3.8) is 0 Å². The summed E-state index contributed by atoms with van der Waals surface area (Å²) >= 11 is 3.26. The van der Waals surface area contributed by atoms with E-state index in [1.807, 2.05) is 19.4 Å². The minimum atomic E-state index is 0.168. The normalized spacial score (nSPS) is 10.7. The van der Waals surface area contributed by atoms with Crippen molar-refractivity contribution in [1.29, 1.82) is 0 Å². The summed E-state index contributed by atoms with van der Waals surface area (Å²) in [6.45, 7) is 3.00. The van der Waals surface area contributed by atoms with E-state index in [9.17, 15) is 4.79 Å². The van der Waals surface area contributed by atoms with Crippen LogP contribution in [-0.2, 0) is 10.5 Å². The van der Waals surface area contributed by atoms with E-state index in [-0.39, 0.29) is 12.5 Å². The van der Waals surface area contributed by atoms with Gasteiger partial charge in [0.2, 0.25) is 5.91 Å². The van der Waals surface area contributed by atoms with Gasteiger partial charge in [0.05, 0.1) is 16.5 Å². The number of thioether (sulfide) groups is 1. The molecule has 0 saturated carbocycles. The molecule has 0 saturated heterocycles. The molecule has 0 fully saturated rings. The minimum Gasteiger partial charge on any atom is -0.396 e. The molecular weight excluding hydrogens is 280 g/mol. The maximum absolute atomic E-state index is 11.8. The number of carbonyl (C=O) groups is 1. The maximum atomic E-state index is 11.8. The van der Waals surface area contributed by atoms with Gasteiger partial charge in [-0.1, -0.05) is 0 Å².